The number of rotatable bonds is 2. The number of carbonyl (C=O) groups excluding carboxylic acids is 3. The molecule has 4 amide bonds. The van der Waals surface area contributed by atoms with Gasteiger partial charge in [-0.15, -0.1) is 0 Å². The Labute approximate surface area is 170 Å². The number of carbonyl (C=O) groups is 3. The van der Waals surface area contributed by atoms with Gasteiger partial charge in [0.15, 0.2) is 5.54 Å². The third-order valence-electron chi connectivity index (χ3n) is 7.11. The quantitative estimate of drug-likeness (QED) is 0.778. The summed E-state index contributed by atoms with van der Waals surface area (Å²) in [7, 11) is 0. The summed E-state index contributed by atoms with van der Waals surface area (Å²) >= 11 is 0. The van der Waals surface area contributed by atoms with E-state index in [2.05, 4.69) is 5.32 Å². The number of piperidine rings is 1. The lowest BCUT2D eigenvalue weighted by atomic mass is 9.78. The second kappa shape index (κ2) is 7.04. The van der Waals surface area contributed by atoms with Crippen molar-refractivity contribution in [2.45, 2.75) is 56.5 Å². The van der Waals surface area contributed by atoms with Crippen LogP contribution in [-0.4, -0.2) is 53.4 Å². The summed E-state index contributed by atoms with van der Waals surface area (Å²) in [6.07, 6.45) is 7.14. The van der Waals surface area contributed by atoms with Gasteiger partial charge in [0.05, 0.1) is 6.61 Å². The highest BCUT2D eigenvalue weighted by atomic mass is 16.5. The lowest BCUT2D eigenvalue weighted by Gasteiger charge is -2.44. The molecule has 1 N–H and O–H groups in total. The van der Waals surface area contributed by atoms with Crippen molar-refractivity contribution in [1.82, 2.24) is 15.1 Å². The average molecular weight is 397 g/mol. The summed E-state index contributed by atoms with van der Waals surface area (Å²) in [6.45, 7) is 0.894. The highest BCUT2D eigenvalue weighted by molar-refractivity contribution is 6.09. The molecule has 3 atom stereocenters. The Kier molecular flexibility index (Phi) is 4.48. The van der Waals surface area contributed by atoms with E-state index in [1.165, 1.54) is 19.3 Å². The third kappa shape index (κ3) is 2.90. The molecule has 1 aromatic rings. The Morgan fingerprint density at radius 2 is 1.93 bits per heavy atom. The number of likely N-dealkylation sites (tertiary alicyclic amines) is 1. The largest absolute Gasteiger partial charge is 0.493 e. The molecule has 4 aliphatic rings. The predicted octanol–water partition coefficient (Wildman–Crippen LogP) is 2.40. The highest BCUT2D eigenvalue weighted by Crippen LogP contribution is 2.41. The molecule has 29 heavy (non-hydrogen) atoms. The zero-order chi connectivity index (χ0) is 20.0. The number of fused-ring (bicyclic) bond motifs is 3. The van der Waals surface area contributed by atoms with Crippen LogP contribution in [0.1, 0.15) is 50.5 Å². The third-order valence-corrected chi connectivity index (χ3v) is 7.11. The number of imide groups is 1. The van der Waals surface area contributed by atoms with Crippen LogP contribution >= 0.6 is 0 Å². The lowest BCUT2D eigenvalue weighted by molar-refractivity contribution is -0.143. The van der Waals surface area contributed by atoms with Crippen LogP contribution in [-0.2, 0) is 15.1 Å². The van der Waals surface area contributed by atoms with Crippen molar-refractivity contribution in [3.8, 4) is 5.75 Å². The van der Waals surface area contributed by atoms with Gasteiger partial charge in [0.25, 0.3) is 5.91 Å². The second-order valence-corrected chi connectivity index (χ2v) is 8.66. The normalized spacial score (nSPS) is 31.2. The first-order valence-corrected chi connectivity index (χ1v) is 10.8. The maximum atomic E-state index is 13.4. The van der Waals surface area contributed by atoms with Gasteiger partial charge < -0.3 is 15.0 Å². The van der Waals surface area contributed by atoms with Crippen LogP contribution in [0.25, 0.3) is 0 Å². The number of hydrogen-bond donors (Lipinski definition) is 1. The van der Waals surface area contributed by atoms with E-state index < -0.39 is 11.6 Å². The molecule has 3 aliphatic heterocycles. The summed E-state index contributed by atoms with van der Waals surface area (Å²) < 4.78 is 5.67. The number of para-hydroxylation sites is 1. The maximum absolute atomic E-state index is 13.4. The van der Waals surface area contributed by atoms with Crippen LogP contribution in [0.3, 0.4) is 0 Å². The van der Waals surface area contributed by atoms with E-state index in [0.29, 0.717) is 30.3 Å². The molecule has 0 bridgehead atoms. The Hall–Kier alpha value is -2.57. The van der Waals surface area contributed by atoms with Crippen LogP contribution in [0, 0.1) is 5.92 Å². The molecule has 154 valence electrons. The first kappa shape index (κ1) is 18.5. The molecule has 7 nitrogen and oxygen atoms in total. The van der Waals surface area contributed by atoms with Crippen molar-refractivity contribution in [3.63, 3.8) is 0 Å². The molecule has 1 aliphatic carbocycles. The first-order valence-electron chi connectivity index (χ1n) is 10.8. The summed E-state index contributed by atoms with van der Waals surface area (Å²) in [4.78, 5) is 42.3. The molecule has 0 aromatic heterocycles. The second-order valence-electron chi connectivity index (χ2n) is 8.66. The van der Waals surface area contributed by atoms with Gasteiger partial charge in [-0.3, -0.25) is 14.5 Å². The molecule has 3 heterocycles. The van der Waals surface area contributed by atoms with Gasteiger partial charge in [-0.1, -0.05) is 31.0 Å². The molecule has 7 heteroatoms. The van der Waals surface area contributed by atoms with Crippen molar-refractivity contribution in [3.05, 3.63) is 29.8 Å². The number of ether oxygens (including phenoxy) is 1. The van der Waals surface area contributed by atoms with E-state index in [0.717, 1.165) is 30.7 Å². The smallest absolute Gasteiger partial charge is 0.325 e. The minimum absolute atomic E-state index is 0.109. The standard InChI is InChI=1S/C22H27N3O4/c26-19(24-12-5-7-15-6-1-3-9-17(15)24)14-25-20(27)22(23-21(25)28)11-13-29-18-10-4-2-8-16(18)22/h2,4,8,10,15,17H,1,3,5-7,9,11-14H2,(H,23,28). The minimum Gasteiger partial charge on any atom is -0.493 e. The van der Waals surface area contributed by atoms with E-state index in [1.807, 2.05) is 23.1 Å². The zero-order valence-corrected chi connectivity index (χ0v) is 16.6. The van der Waals surface area contributed by atoms with E-state index in [4.69, 9.17) is 4.74 Å². The number of nitrogens with one attached hydrogen (secondary N) is 1. The van der Waals surface area contributed by atoms with Crippen LogP contribution in [0.2, 0.25) is 0 Å². The van der Waals surface area contributed by atoms with Crippen molar-refractivity contribution in [1.29, 1.82) is 0 Å². The Morgan fingerprint density at radius 1 is 1.14 bits per heavy atom. The van der Waals surface area contributed by atoms with Crippen molar-refractivity contribution >= 4 is 17.8 Å². The molecule has 1 aromatic carbocycles. The average Bonchev–Trinajstić information content (AvgIpc) is 2.98. The highest BCUT2D eigenvalue weighted by Gasteiger charge is 2.55. The van der Waals surface area contributed by atoms with Crippen LogP contribution in [0.5, 0.6) is 5.75 Å². The number of hydrogen-bond acceptors (Lipinski definition) is 4. The van der Waals surface area contributed by atoms with E-state index in [9.17, 15) is 14.4 Å². The Balaban J connectivity index is 1.37. The number of nitrogens with zero attached hydrogens (tertiary/aromatic N) is 2. The number of benzene rings is 1. The van der Waals surface area contributed by atoms with Gasteiger partial charge in [0.1, 0.15) is 12.3 Å². The van der Waals surface area contributed by atoms with E-state index in [1.54, 1.807) is 6.07 Å². The molecule has 3 fully saturated rings. The fourth-order valence-electron chi connectivity index (χ4n) is 5.68. The predicted molar refractivity (Wildman–Crippen MR) is 105 cm³/mol. The monoisotopic (exact) mass is 397 g/mol. The Morgan fingerprint density at radius 3 is 2.83 bits per heavy atom. The van der Waals surface area contributed by atoms with E-state index in [-0.39, 0.29) is 24.4 Å². The fraction of sp³-hybridized carbons (Fsp3) is 0.591. The molecular formula is C22H27N3O4. The van der Waals surface area contributed by atoms with Crippen molar-refractivity contribution < 1.29 is 19.1 Å². The maximum Gasteiger partial charge on any atom is 0.325 e. The van der Waals surface area contributed by atoms with Crippen LogP contribution in [0.4, 0.5) is 4.79 Å². The molecule has 1 spiro atoms. The van der Waals surface area contributed by atoms with Crippen LogP contribution in [0.15, 0.2) is 24.3 Å². The molecule has 2 saturated heterocycles. The summed E-state index contributed by atoms with van der Waals surface area (Å²) in [6, 6.07) is 7.08. The van der Waals surface area contributed by atoms with Crippen molar-refractivity contribution in [2.75, 3.05) is 19.7 Å². The van der Waals surface area contributed by atoms with Crippen LogP contribution < -0.4 is 10.1 Å². The van der Waals surface area contributed by atoms with Crippen molar-refractivity contribution in [2.24, 2.45) is 5.92 Å². The topological polar surface area (TPSA) is 79.0 Å². The summed E-state index contributed by atoms with van der Waals surface area (Å²) in [5.74, 6) is 0.728. The zero-order valence-electron chi connectivity index (χ0n) is 16.6. The molecule has 0 radical (unpaired) electrons. The van der Waals surface area contributed by atoms with Gasteiger partial charge in [0.2, 0.25) is 5.91 Å². The Bertz CT molecular complexity index is 854. The lowest BCUT2D eigenvalue weighted by Crippen LogP contribution is -2.53. The molecule has 1 saturated carbocycles. The molecular weight excluding hydrogens is 370 g/mol. The van der Waals surface area contributed by atoms with Gasteiger partial charge >= 0.3 is 6.03 Å². The molecule has 3 unspecified atom stereocenters. The van der Waals surface area contributed by atoms with Gasteiger partial charge in [-0.2, -0.15) is 0 Å². The first-order chi connectivity index (χ1) is 14.1. The number of amides is 4. The molecule has 5 rings (SSSR count). The summed E-state index contributed by atoms with van der Waals surface area (Å²) in [5.41, 5.74) is -0.452. The fourth-order valence-corrected chi connectivity index (χ4v) is 5.68. The SMILES string of the molecule is O=C1NC2(CCOc3ccccc32)C(=O)N1CC(=O)N1CCCC2CCCCC21. The van der Waals surface area contributed by atoms with Gasteiger partial charge in [0, 0.05) is 24.6 Å². The summed E-state index contributed by atoms with van der Waals surface area (Å²) in [5, 5.41) is 2.88. The van der Waals surface area contributed by atoms with E-state index >= 15 is 0 Å². The van der Waals surface area contributed by atoms with Gasteiger partial charge in [-0.25, -0.2) is 4.79 Å². The number of urea groups is 1. The van der Waals surface area contributed by atoms with Gasteiger partial charge in [-0.05, 0) is 37.7 Å². The minimum atomic E-state index is -1.12.